The van der Waals surface area contributed by atoms with Crippen LogP contribution in [0.1, 0.15) is 88.2 Å². The average molecular weight is 415 g/mol. The molecule has 1 aromatic rings. The fraction of sp³-hybridized carbons (Fsp3) is 0.667. The quantitative estimate of drug-likeness (QED) is 0.335. The molecular weight excluding hydrogens is 383 g/mol. The first-order valence-corrected chi connectivity index (χ1v) is 11.0. The lowest BCUT2D eigenvalue weighted by Gasteiger charge is -2.38. The first-order valence-electron chi connectivity index (χ1n) is 11.0. The molecule has 0 saturated heterocycles. The average Bonchev–Trinajstić information content (AvgIpc) is 2.67. The SMILES string of the molecule is C/C=C/CC[C@H]1CC[C@H]([C@H]2CC[C@H](c3cc(F)c(C(F)(F)F)c(F)c3)CC2)CC1. The molecule has 0 bridgehead atoms. The van der Waals surface area contributed by atoms with Crippen LogP contribution in [-0.2, 0) is 6.18 Å². The Morgan fingerprint density at radius 1 is 0.862 bits per heavy atom. The van der Waals surface area contributed by atoms with Gasteiger partial charge in [-0.05, 0) is 99.7 Å². The van der Waals surface area contributed by atoms with Crippen molar-refractivity contribution in [3.8, 4) is 0 Å². The van der Waals surface area contributed by atoms with Gasteiger partial charge in [0.05, 0.1) is 0 Å². The molecule has 1 aromatic carbocycles. The number of benzene rings is 1. The van der Waals surface area contributed by atoms with E-state index in [1.807, 2.05) is 0 Å². The minimum atomic E-state index is -5.00. The van der Waals surface area contributed by atoms with Gasteiger partial charge in [0.15, 0.2) is 0 Å². The number of allylic oxidation sites excluding steroid dienone is 2. The van der Waals surface area contributed by atoms with Gasteiger partial charge in [0, 0.05) is 0 Å². The second kappa shape index (κ2) is 9.61. The second-order valence-corrected chi connectivity index (χ2v) is 8.90. The summed E-state index contributed by atoms with van der Waals surface area (Å²) in [4.78, 5) is 0. The zero-order chi connectivity index (χ0) is 21.0. The molecular formula is C24H31F5. The topological polar surface area (TPSA) is 0 Å². The van der Waals surface area contributed by atoms with Crippen LogP contribution in [0.5, 0.6) is 0 Å². The molecule has 0 aromatic heterocycles. The van der Waals surface area contributed by atoms with Crippen molar-refractivity contribution < 1.29 is 22.0 Å². The lowest BCUT2D eigenvalue weighted by molar-refractivity contribution is -0.142. The van der Waals surface area contributed by atoms with Crippen LogP contribution in [0.15, 0.2) is 24.3 Å². The highest BCUT2D eigenvalue weighted by atomic mass is 19.4. The van der Waals surface area contributed by atoms with E-state index in [1.54, 1.807) is 0 Å². The fourth-order valence-electron chi connectivity index (χ4n) is 5.47. The van der Waals surface area contributed by atoms with Crippen molar-refractivity contribution in [2.24, 2.45) is 17.8 Å². The van der Waals surface area contributed by atoms with Gasteiger partial charge in [-0.1, -0.05) is 25.0 Å². The van der Waals surface area contributed by atoms with Gasteiger partial charge in [0.2, 0.25) is 0 Å². The molecule has 5 heteroatoms. The summed E-state index contributed by atoms with van der Waals surface area (Å²) >= 11 is 0. The van der Waals surface area contributed by atoms with E-state index in [4.69, 9.17) is 0 Å². The van der Waals surface area contributed by atoms with Crippen molar-refractivity contribution in [3.05, 3.63) is 47.0 Å². The van der Waals surface area contributed by atoms with Crippen molar-refractivity contribution in [1.29, 1.82) is 0 Å². The molecule has 0 N–H and O–H groups in total. The highest BCUT2D eigenvalue weighted by Crippen LogP contribution is 2.45. The zero-order valence-electron chi connectivity index (χ0n) is 17.1. The Balaban J connectivity index is 1.52. The molecule has 162 valence electrons. The van der Waals surface area contributed by atoms with E-state index in [2.05, 4.69) is 19.1 Å². The van der Waals surface area contributed by atoms with Crippen LogP contribution in [0.4, 0.5) is 22.0 Å². The predicted molar refractivity (Wildman–Crippen MR) is 106 cm³/mol. The molecule has 0 spiro atoms. The lowest BCUT2D eigenvalue weighted by Crippen LogP contribution is -2.25. The van der Waals surface area contributed by atoms with Crippen LogP contribution in [-0.4, -0.2) is 0 Å². The number of rotatable bonds is 5. The Kier molecular flexibility index (Phi) is 7.39. The minimum Gasteiger partial charge on any atom is -0.206 e. The molecule has 0 aliphatic heterocycles. The second-order valence-electron chi connectivity index (χ2n) is 8.90. The summed E-state index contributed by atoms with van der Waals surface area (Å²) in [5.41, 5.74) is -1.40. The van der Waals surface area contributed by atoms with Crippen molar-refractivity contribution in [1.82, 2.24) is 0 Å². The van der Waals surface area contributed by atoms with Gasteiger partial charge in [-0.2, -0.15) is 13.2 Å². The van der Waals surface area contributed by atoms with Crippen LogP contribution in [0, 0.1) is 29.4 Å². The van der Waals surface area contributed by atoms with E-state index >= 15 is 0 Å². The smallest absolute Gasteiger partial charge is 0.206 e. The number of hydrogen-bond acceptors (Lipinski definition) is 0. The van der Waals surface area contributed by atoms with Gasteiger partial charge in [-0.15, -0.1) is 0 Å². The van der Waals surface area contributed by atoms with E-state index in [9.17, 15) is 22.0 Å². The van der Waals surface area contributed by atoms with E-state index in [1.165, 1.54) is 32.1 Å². The number of halogens is 5. The summed E-state index contributed by atoms with van der Waals surface area (Å²) < 4.78 is 66.1. The summed E-state index contributed by atoms with van der Waals surface area (Å²) in [6.07, 6.45) is 10.5. The normalized spacial score (nSPS) is 28.8. The van der Waals surface area contributed by atoms with Gasteiger partial charge in [0.1, 0.15) is 17.2 Å². The summed E-state index contributed by atoms with van der Waals surface area (Å²) in [6.45, 7) is 2.06. The summed E-state index contributed by atoms with van der Waals surface area (Å²) in [6, 6.07) is 1.79. The summed E-state index contributed by atoms with van der Waals surface area (Å²) in [5, 5.41) is 0. The van der Waals surface area contributed by atoms with Crippen molar-refractivity contribution >= 4 is 0 Å². The molecule has 0 heterocycles. The maximum Gasteiger partial charge on any atom is 0.422 e. The zero-order valence-corrected chi connectivity index (χ0v) is 17.1. The van der Waals surface area contributed by atoms with Gasteiger partial charge in [0.25, 0.3) is 0 Å². The third-order valence-electron chi connectivity index (χ3n) is 7.13. The van der Waals surface area contributed by atoms with Gasteiger partial charge in [-0.3, -0.25) is 0 Å². The number of hydrogen-bond donors (Lipinski definition) is 0. The molecule has 2 fully saturated rings. The molecule has 29 heavy (non-hydrogen) atoms. The maximum absolute atomic E-state index is 13.9. The Bertz CT molecular complexity index is 667. The Morgan fingerprint density at radius 3 is 1.86 bits per heavy atom. The van der Waals surface area contributed by atoms with Crippen LogP contribution in [0.25, 0.3) is 0 Å². The molecule has 2 aliphatic carbocycles. The van der Waals surface area contributed by atoms with Crippen LogP contribution in [0.2, 0.25) is 0 Å². The molecule has 0 radical (unpaired) electrons. The number of alkyl halides is 3. The molecule has 0 nitrogen and oxygen atoms in total. The Morgan fingerprint density at radius 2 is 1.38 bits per heavy atom. The van der Waals surface area contributed by atoms with E-state index in [-0.39, 0.29) is 5.92 Å². The van der Waals surface area contributed by atoms with Gasteiger partial charge < -0.3 is 0 Å². The third kappa shape index (κ3) is 5.61. The van der Waals surface area contributed by atoms with Crippen molar-refractivity contribution in [2.75, 3.05) is 0 Å². The lowest BCUT2D eigenvalue weighted by atomic mass is 9.68. The van der Waals surface area contributed by atoms with Crippen molar-refractivity contribution in [3.63, 3.8) is 0 Å². The Hall–Kier alpha value is -1.39. The molecule has 0 unspecified atom stereocenters. The van der Waals surface area contributed by atoms with Crippen LogP contribution in [0.3, 0.4) is 0 Å². The van der Waals surface area contributed by atoms with Crippen molar-refractivity contribution in [2.45, 2.75) is 83.2 Å². The van der Waals surface area contributed by atoms with Crippen LogP contribution >= 0.6 is 0 Å². The molecule has 3 rings (SSSR count). The van der Waals surface area contributed by atoms with Crippen LogP contribution < -0.4 is 0 Å². The Labute approximate surface area is 170 Å². The molecule has 2 saturated carbocycles. The molecule has 2 aliphatic rings. The van der Waals surface area contributed by atoms with E-state index in [0.29, 0.717) is 11.5 Å². The predicted octanol–water partition coefficient (Wildman–Crippen LogP) is 8.42. The highest BCUT2D eigenvalue weighted by molar-refractivity contribution is 5.30. The minimum absolute atomic E-state index is 0.0466. The monoisotopic (exact) mass is 414 g/mol. The van der Waals surface area contributed by atoms with E-state index < -0.39 is 23.4 Å². The molecule has 0 amide bonds. The highest BCUT2D eigenvalue weighted by Gasteiger charge is 2.39. The summed E-state index contributed by atoms with van der Waals surface area (Å²) in [7, 11) is 0. The fourth-order valence-corrected chi connectivity index (χ4v) is 5.47. The van der Waals surface area contributed by atoms with Gasteiger partial charge in [-0.25, -0.2) is 8.78 Å². The van der Waals surface area contributed by atoms with Gasteiger partial charge >= 0.3 is 6.18 Å². The molecule has 0 atom stereocenters. The summed E-state index contributed by atoms with van der Waals surface area (Å²) in [5.74, 6) is -0.829. The third-order valence-corrected chi connectivity index (χ3v) is 7.13. The first kappa shape index (κ1) is 22.3. The first-order chi connectivity index (χ1) is 13.8. The standard InChI is InChI=1S/C24H31F5/c1-2-3-4-5-16-6-8-17(9-7-16)18-10-12-19(13-11-18)20-14-21(25)23(22(26)15-20)24(27,28)29/h2-3,14-19H,4-13H2,1H3/b3-2+/t16-,17-,18-,19-. The maximum atomic E-state index is 13.9. The van der Waals surface area contributed by atoms with E-state index in [0.717, 1.165) is 56.1 Å². The largest absolute Gasteiger partial charge is 0.422 e.